The Balaban J connectivity index is 0.000000810. The molecule has 0 atom stereocenters. The summed E-state index contributed by atoms with van der Waals surface area (Å²) >= 11 is 0. The molecular weight excluding hydrogens is 170 g/mol. The van der Waals surface area contributed by atoms with E-state index in [2.05, 4.69) is 6.07 Å². The van der Waals surface area contributed by atoms with Gasteiger partial charge in [0.15, 0.2) is 0 Å². The molecule has 0 spiro atoms. The quantitative estimate of drug-likeness (QED) is 0.432. The van der Waals surface area contributed by atoms with Gasteiger partial charge < -0.3 is 10.0 Å². The van der Waals surface area contributed by atoms with Gasteiger partial charge in [-0.3, -0.25) is 0 Å². The molecule has 53 valence electrons. The molecule has 4 heteroatoms. The maximum atomic E-state index is 8.55. The van der Waals surface area contributed by atoms with Crippen molar-refractivity contribution < 1.29 is 27.1 Å². The molecule has 1 radical (unpaired) electrons. The number of benzene rings is 1. The van der Waals surface area contributed by atoms with E-state index in [-0.39, 0.29) is 17.1 Å². The van der Waals surface area contributed by atoms with E-state index in [1.165, 1.54) is 0 Å². The smallest absolute Gasteiger partial charge is 0.425 e. The first kappa shape index (κ1) is 9.72. The van der Waals surface area contributed by atoms with Gasteiger partial charge in [-0.05, 0) is 0 Å². The van der Waals surface area contributed by atoms with Gasteiger partial charge in [0.05, 0.1) is 0 Å². The Bertz CT molecular complexity index is 178. The number of hydrogen-bond donors (Lipinski definition) is 2. The minimum Gasteiger partial charge on any atom is -0.425 e. The average molecular weight is 176 g/mol. The second-order valence-corrected chi connectivity index (χ2v) is 1.69. The Morgan fingerprint density at radius 1 is 1.30 bits per heavy atom. The Morgan fingerprint density at radius 2 is 2.00 bits per heavy atom. The first-order chi connectivity index (χ1) is 4.30. The van der Waals surface area contributed by atoms with Gasteiger partial charge in [0.25, 0.3) is 0 Å². The molecule has 0 aliphatic carbocycles. The summed E-state index contributed by atoms with van der Waals surface area (Å²) in [7, 11) is -1.40. The third kappa shape index (κ3) is 2.54. The van der Waals surface area contributed by atoms with E-state index in [0.717, 1.165) is 0 Å². The number of rotatable bonds is 1. The van der Waals surface area contributed by atoms with Crippen LogP contribution < -0.4 is 5.46 Å². The van der Waals surface area contributed by atoms with Gasteiger partial charge in [-0.1, -0.05) is 0 Å². The molecule has 2 N–H and O–H groups in total. The van der Waals surface area contributed by atoms with Crippen molar-refractivity contribution in [3.63, 3.8) is 0 Å². The SMILES string of the molecule is OB(O)c1[c-]cccc1.[Mn]. The fourth-order valence-corrected chi connectivity index (χ4v) is 0.568. The second kappa shape index (κ2) is 4.53. The van der Waals surface area contributed by atoms with Gasteiger partial charge >= 0.3 is 7.12 Å². The summed E-state index contributed by atoms with van der Waals surface area (Å²) in [6.07, 6.45) is 0. The van der Waals surface area contributed by atoms with Crippen LogP contribution in [0.1, 0.15) is 0 Å². The van der Waals surface area contributed by atoms with Crippen molar-refractivity contribution >= 4 is 12.6 Å². The van der Waals surface area contributed by atoms with E-state index in [1.807, 2.05) is 0 Å². The molecule has 0 aromatic heterocycles. The fourth-order valence-electron chi connectivity index (χ4n) is 0.568. The van der Waals surface area contributed by atoms with Crippen molar-refractivity contribution in [3.05, 3.63) is 30.3 Å². The Labute approximate surface area is 70.5 Å². The summed E-state index contributed by atoms with van der Waals surface area (Å²) in [5.74, 6) is 0. The zero-order valence-electron chi connectivity index (χ0n) is 5.16. The largest absolute Gasteiger partial charge is 0.462 e. The van der Waals surface area contributed by atoms with Gasteiger partial charge in [0, 0.05) is 17.1 Å². The molecule has 0 saturated heterocycles. The van der Waals surface area contributed by atoms with Crippen LogP contribution >= 0.6 is 0 Å². The minimum absolute atomic E-state index is 0. The standard InChI is InChI=1S/C6H6BO2.Mn/c8-7(9)6-4-2-1-3-5-6;/h1-4,8-9H;/q-1;. The van der Waals surface area contributed by atoms with Crippen LogP contribution in [-0.4, -0.2) is 17.2 Å². The third-order valence-corrected chi connectivity index (χ3v) is 1.01. The predicted molar refractivity (Wildman–Crippen MR) is 35.1 cm³/mol. The summed E-state index contributed by atoms with van der Waals surface area (Å²) in [4.78, 5) is 0. The van der Waals surface area contributed by atoms with Gasteiger partial charge in [0.1, 0.15) is 0 Å². The van der Waals surface area contributed by atoms with Crippen molar-refractivity contribution in [1.29, 1.82) is 0 Å². The first-order valence-corrected chi connectivity index (χ1v) is 2.63. The van der Waals surface area contributed by atoms with Crippen LogP contribution in [0.3, 0.4) is 0 Å². The zero-order valence-corrected chi connectivity index (χ0v) is 6.34. The molecule has 1 rings (SSSR count). The molecule has 0 saturated carbocycles. The van der Waals surface area contributed by atoms with Crippen LogP contribution in [0.25, 0.3) is 0 Å². The normalized spacial score (nSPS) is 8.20. The van der Waals surface area contributed by atoms with E-state index in [0.29, 0.717) is 5.46 Å². The Hall–Kier alpha value is -0.276. The second-order valence-electron chi connectivity index (χ2n) is 1.69. The van der Waals surface area contributed by atoms with Gasteiger partial charge in [-0.2, -0.15) is 30.3 Å². The number of hydrogen-bond acceptors (Lipinski definition) is 2. The van der Waals surface area contributed by atoms with Crippen LogP contribution in [0, 0.1) is 6.07 Å². The summed E-state index contributed by atoms with van der Waals surface area (Å²) < 4.78 is 0. The summed E-state index contributed by atoms with van der Waals surface area (Å²) in [5, 5.41) is 17.1. The topological polar surface area (TPSA) is 40.5 Å². The van der Waals surface area contributed by atoms with Gasteiger partial charge in [-0.15, -0.1) is 5.46 Å². The van der Waals surface area contributed by atoms with E-state index < -0.39 is 7.12 Å². The molecule has 10 heavy (non-hydrogen) atoms. The average Bonchev–Trinajstić information content (AvgIpc) is 1.90. The van der Waals surface area contributed by atoms with Crippen molar-refractivity contribution in [3.8, 4) is 0 Å². The van der Waals surface area contributed by atoms with Gasteiger partial charge in [0.2, 0.25) is 0 Å². The monoisotopic (exact) mass is 176 g/mol. The molecule has 1 aromatic rings. The summed E-state index contributed by atoms with van der Waals surface area (Å²) in [6, 6.07) is 9.40. The molecule has 0 amide bonds. The molecule has 2 nitrogen and oxygen atoms in total. The summed E-state index contributed by atoms with van der Waals surface area (Å²) in [5.41, 5.74) is 0.400. The van der Waals surface area contributed by atoms with Crippen LogP contribution in [0.5, 0.6) is 0 Å². The Kier molecular flexibility index (Phi) is 4.40. The molecule has 0 heterocycles. The fraction of sp³-hybridized carbons (Fsp3) is 0. The zero-order chi connectivity index (χ0) is 6.69. The minimum atomic E-state index is -1.40. The molecule has 0 bridgehead atoms. The Morgan fingerprint density at radius 3 is 2.30 bits per heavy atom. The van der Waals surface area contributed by atoms with Gasteiger partial charge in [-0.25, -0.2) is 0 Å². The first-order valence-electron chi connectivity index (χ1n) is 2.63. The molecule has 0 aliphatic heterocycles. The van der Waals surface area contributed by atoms with Crippen molar-refractivity contribution in [2.24, 2.45) is 0 Å². The molecule has 0 unspecified atom stereocenters. The molecule has 0 fully saturated rings. The predicted octanol–water partition coefficient (Wildman–Crippen LogP) is -0.836. The van der Waals surface area contributed by atoms with E-state index in [4.69, 9.17) is 10.0 Å². The van der Waals surface area contributed by atoms with Crippen molar-refractivity contribution in [2.75, 3.05) is 0 Å². The van der Waals surface area contributed by atoms with Crippen LogP contribution in [0.2, 0.25) is 0 Å². The van der Waals surface area contributed by atoms with E-state index >= 15 is 0 Å². The van der Waals surface area contributed by atoms with E-state index in [9.17, 15) is 0 Å². The van der Waals surface area contributed by atoms with Crippen LogP contribution in [0.4, 0.5) is 0 Å². The third-order valence-electron chi connectivity index (χ3n) is 1.01. The van der Waals surface area contributed by atoms with Crippen LogP contribution in [0.15, 0.2) is 24.3 Å². The van der Waals surface area contributed by atoms with Crippen LogP contribution in [-0.2, 0) is 17.1 Å². The maximum Gasteiger partial charge on any atom is 0.462 e. The molecule has 1 aromatic carbocycles. The van der Waals surface area contributed by atoms with E-state index in [1.54, 1.807) is 24.3 Å². The van der Waals surface area contributed by atoms with Crippen molar-refractivity contribution in [1.82, 2.24) is 0 Å². The molecule has 0 aliphatic rings. The van der Waals surface area contributed by atoms with Crippen molar-refractivity contribution in [2.45, 2.75) is 0 Å². The maximum absolute atomic E-state index is 8.55. The molecular formula is C6H6BMnO2-. The summed E-state index contributed by atoms with van der Waals surface area (Å²) in [6.45, 7) is 0.